The molecule has 7 nitrogen and oxygen atoms in total. The number of hydrogen-bond acceptors (Lipinski definition) is 5. The monoisotopic (exact) mass is 421 g/mol. The second-order valence-electron chi connectivity index (χ2n) is 7.64. The molecular formula is C21H26ClN2O5+. The average molecular weight is 422 g/mol. The molecule has 1 aromatic carbocycles. The highest BCUT2D eigenvalue weighted by Gasteiger charge is 2.22. The Morgan fingerprint density at radius 3 is 2.83 bits per heavy atom. The zero-order valence-electron chi connectivity index (χ0n) is 16.5. The van der Waals surface area contributed by atoms with Crippen molar-refractivity contribution in [3.8, 4) is 5.75 Å². The summed E-state index contributed by atoms with van der Waals surface area (Å²) in [6, 6.07) is 3.38. The van der Waals surface area contributed by atoms with Crippen LogP contribution in [-0.2, 0) is 22.4 Å². The molecule has 8 heteroatoms. The van der Waals surface area contributed by atoms with E-state index in [2.05, 4.69) is 5.32 Å². The molecule has 2 aromatic rings. The van der Waals surface area contributed by atoms with E-state index in [-0.39, 0.29) is 11.5 Å². The molecular weight excluding hydrogens is 396 g/mol. The average Bonchev–Trinajstić information content (AvgIpc) is 3.21. The fourth-order valence-corrected chi connectivity index (χ4v) is 4.24. The summed E-state index contributed by atoms with van der Waals surface area (Å²) >= 11 is 6.41. The zero-order valence-corrected chi connectivity index (χ0v) is 17.3. The van der Waals surface area contributed by atoms with Gasteiger partial charge in [0.25, 0.3) is 5.91 Å². The highest BCUT2D eigenvalue weighted by Crippen LogP contribution is 2.35. The van der Waals surface area contributed by atoms with Crippen LogP contribution >= 0.6 is 11.6 Å². The predicted molar refractivity (Wildman–Crippen MR) is 109 cm³/mol. The lowest BCUT2D eigenvalue weighted by Gasteiger charge is -2.24. The maximum absolute atomic E-state index is 12.4. The largest absolute Gasteiger partial charge is 0.479 e. The Hall–Kier alpha value is -2.09. The lowest BCUT2D eigenvalue weighted by atomic mass is 10.1. The third kappa shape index (κ3) is 4.42. The molecule has 1 atom stereocenters. The van der Waals surface area contributed by atoms with Crippen molar-refractivity contribution in [3.63, 3.8) is 0 Å². The molecule has 0 bridgehead atoms. The van der Waals surface area contributed by atoms with Crippen molar-refractivity contribution in [2.24, 2.45) is 0 Å². The third-order valence-corrected chi connectivity index (χ3v) is 5.97. The standard InChI is InChI=1S/C21H25ClN2O5/c1-13(20(25)23-5-6-24-7-9-27-10-8-24)28-19-12-18-16(11-17(19)22)14-3-2-4-15(14)21(26)29-18/h11-13H,2-10H2,1H3,(H,23,25)/p+1/t13-/m1/s1. The quantitative estimate of drug-likeness (QED) is 0.672. The lowest BCUT2D eigenvalue weighted by Crippen LogP contribution is -3.14. The van der Waals surface area contributed by atoms with Crippen LogP contribution < -0.4 is 20.6 Å². The van der Waals surface area contributed by atoms with Crippen molar-refractivity contribution in [1.82, 2.24) is 5.32 Å². The summed E-state index contributed by atoms with van der Waals surface area (Å²) in [5.41, 5.74) is 1.91. The van der Waals surface area contributed by atoms with Gasteiger partial charge in [-0.2, -0.15) is 0 Å². The van der Waals surface area contributed by atoms with E-state index in [1.807, 2.05) is 0 Å². The minimum atomic E-state index is -0.717. The van der Waals surface area contributed by atoms with Gasteiger partial charge in [-0.05, 0) is 37.8 Å². The van der Waals surface area contributed by atoms with Gasteiger partial charge in [-0.1, -0.05) is 11.6 Å². The van der Waals surface area contributed by atoms with Crippen molar-refractivity contribution < 1.29 is 23.6 Å². The van der Waals surface area contributed by atoms with E-state index in [0.717, 1.165) is 68.6 Å². The van der Waals surface area contributed by atoms with Crippen molar-refractivity contribution in [2.45, 2.75) is 32.3 Å². The van der Waals surface area contributed by atoms with Gasteiger partial charge in [0, 0.05) is 17.0 Å². The molecule has 1 saturated heterocycles. The van der Waals surface area contributed by atoms with E-state index in [1.165, 1.54) is 4.90 Å². The van der Waals surface area contributed by atoms with Crippen LogP contribution in [0.5, 0.6) is 5.75 Å². The Bertz CT molecular complexity index is 968. The Morgan fingerprint density at radius 1 is 1.28 bits per heavy atom. The molecule has 4 rings (SSSR count). The number of morpholine rings is 1. The van der Waals surface area contributed by atoms with Gasteiger partial charge in [0.05, 0.1) is 31.3 Å². The second-order valence-corrected chi connectivity index (χ2v) is 8.05. The molecule has 1 fully saturated rings. The SMILES string of the molecule is C[C@@H](Oc1cc2oc(=O)c3c(c2cc1Cl)CCC3)C(=O)NCC[NH+]1CCOCC1. The number of aryl methyl sites for hydroxylation is 1. The van der Waals surface area contributed by atoms with E-state index in [4.69, 9.17) is 25.5 Å². The van der Waals surface area contributed by atoms with Crippen molar-refractivity contribution >= 4 is 28.5 Å². The first-order chi connectivity index (χ1) is 14.0. The highest BCUT2D eigenvalue weighted by molar-refractivity contribution is 6.32. The summed E-state index contributed by atoms with van der Waals surface area (Å²) in [6.45, 7) is 6.57. The number of nitrogens with one attached hydrogen (secondary N) is 2. The number of halogens is 1. The molecule has 1 aliphatic heterocycles. The molecule has 0 saturated carbocycles. The van der Waals surface area contributed by atoms with Gasteiger partial charge in [-0.3, -0.25) is 4.79 Å². The Labute approximate surface area is 173 Å². The second kappa shape index (κ2) is 8.73. The summed E-state index contributed by atoms with van der Waals surface area (Å²) in [5.74, 6) is 0.131. The van der Waals surface area contributed by atoms with Crippen LogP contribution in [0.1, 0.15) is 24.5 Å². The molecule has 2 aliphatic rings. The molecule has 2 heterocycles. The molecule has 1 amide bonds. The number of quaternary nitrogens is 1. The fraction of sp³-hybridized carbons (Fsp3) is 0.524. The molecule has 1 aromatic heterocycles. The van der Waals surface area contributed by atoms with Crippen LogP contribution in [0, 0.1) is 0 Å². The van der Waals surface area contributed by atoms with Crippen LogP contribution in [0.3, 0.4) is 0 Å². The van der Waals surface area contributed by atoms with Crippen LogP contribution in [0.2, 0.25) is 5.02 Å². The molecule has 0 spiro atoms. The first-order valence-electron chi connectivity index (χ1n) is 10.2. The normalized spacial score (nSPS) is 17.9. The third-order valence-electron chi connectivity index (χ3n) is 5.68. The number of benzene rings is 1. The molecule has 156 valence electrons. The summed E-state index contributed by atoms with van der Waals surface area (Å²) in [6.07, 6.45) is 1.81. The zero-order chi connectivity index (χ0) is 20.4. The van der Waals surface area contributed by atoms with Crippen LogP contribution in [0.25, 0.3) is 11.0 Å². The topological polar surface area (TPSA) is 82.2 Å². The number of carbonyl (C=O) groups is 1. The number of rotatable bonds is 6. The minimum Gasteiger partial charge on any atom is -0.479 e. The van der Waals surface area contributed by atoms with Crippen LogP contribution in [0.15, 0.2) is 21.3 Å². The summed E-state index contributed by atoms with van der Waals surface area (Å²) in [4.78, 5) is 26.0. The van der Waals surface area contributed by atoms with E-state index < -0.39 is 6.10 Å². The Balaban J connectivity index is 1.41. The number of carbonyl (C=O) groups excluding carboxylic acids is 1. The van der Waals surface area contributed by atoms with Gasteiger partial charge in [-0.15, -0.1) is 0 Å². The molecule has 0 radical (unpaired) electrons. The summed E-state index contributed by atoms with van der Waals surface area (Å²) in [7, 11) is 0. The maximum Gasteiger partial charge on any atom is 0.339 e. The number of hydrogen-bond donors (Lipinski definition) is 2. The van der Waals surface area contributed by atoms with Gasteiger partial charge in [0.1, 0.15) is 24.4 Å². The van der Waals surface area contributed by atoms with Crippen molar-refractivity contribution in [2.75, 3.05) is 39.4 Å². The summed E-state index contributed by atoms with van der Waals surface area (Å²) in [5, 5.41) is 4.16. The number of ether oxygens (including phenoxy) is 2. The van der Waals surface area contributed by atoms with E-state index in [0.29, 0.717) is 22.9 Å². The molecule has 1 aliphatic carbocycles. The van der Waals surface area contributed by atoms with Crippen LogP contribution in [-0.4, -0.2) is 51.4 Å². The first-order valence-corrected chi connectivity index (χ1v) is 10.5. The molecule has 0 unspecified atom stereocenters. The number of fused-ring (bicyclic) bond motifs is 3. The summed E-state index contributed by atoms with van der Waals surface area (Å²) < 4.78 is 16.6. The number of amides is 1. The van der Waals surface area contributed by atoms with Gasteiger partial charge < -0.3 is 24.1 Å². The van der Waals surface area contributed by atoms with Gasteiger partial charge >= 0.3 is 5.63 Å². The fourth-order valence-electron chi connectivity index (χ4n) is 4.03. The molecule has 29 heavy (non-hydrogen) atoms. The minimum absolute atomic E-state index is 0.204. The van der Waals surface area contributed by atoms with Crippen molar-refractivity contribution in [1.29, 1.82) is 0 Å². The van der Waals surface area contributed by atoms with Crippen molar-refractivity contribution in [3.05, 3.63) is 38.7 Å². The van der Waals surface area contributed by atoms with Crippen LogP contribution in [0.4, 0.5) is 0 Å². The maximum atomic E-state index is 12.4. The van der Waals surface area contributed by atoms with E-state index >= 15 is 0 Å². The first kappa shape index (κ1) is 20.2. The lowest BCUT2D eigenvalue weighted by molar-refractivity contribution is -0.906. The molecule has 2 N–H and O–H groups in total. The highest BCUT2D eigenvalue weighted by atomic mass is 35.5. The Morgan fingerprint density at radius 2 is 2.03 bits per heavy atom. The van der Waals surface area contributed by atoms with Gasteiger partial charge in [0.2, 0.25) is 0 Å². The van der Waals surface area contributed by atoms with Gasteiger partial charge in [-0.25, -0.2) is 4.79 Å². The van der Waals surface area contributed by atoms with E-state index in [1.54, 1.807) is 19.1 Å². The smallest absolute Gasteiger partial charge is 0.339 e. The van der Waals surface area contributed by atoms with Gasteiger partial charge in [0.15, 0.2) is 6.10 Å². The Kier molecular flexibility index (Phi) is 6.08. The van der Waals surface area contributed by atoms with E-state index in [9.17, 15) is 9.59 Å². The predicted octanol–water partition coefficient (Wildman–Crippen LogP) is 0.734.